The van der Waals surface area contributed by atoms with Crippen LogP contribution in [0.25, 0.3) is 22.2 Å². The SMILES string of the molecule is C=C(C)C(=O)OCC(O)Cc1ccc(-c2cccc3n[nH]nc23)c(O)c1. The average Bonchev–Trinajstić information content (AvgIpc) is 3.08. The summed E-state index contributed by atoms with van der Waals surface area (Å²) >= 11 is 0. The fourth-order valence-electron chi connectivity index (χ4n) is 2.64. The second kappa shape index (κ2) is 7.37. The highest BCUT2D eigenvalue weighted by Gasteiger charge is 2.14. The summed E-state index contributed by atoms with van der Waals surface area (Å²) in [6.45, 7) is 4.89. The number of ether oxygens (including phenoxy) is 1. The molecule has 134 valence electrons. The molecular formula is C19H19N3O4. The number of hydrogen-bond donors (Lipinski definition) is 3. The van der Waals surface area contributed by atoms with Gasteiger partial charge in [0.2, 0.25) is 0 Å². The molecule has 0 aliphatic heterocycles. The summed E-state index contributed by atoms with van der Waals surface area (Å²) in [5, 5.41) is 31.2. The summed E-state index contributed by atoms with van der Waals surface area (Å²) in [5.41, 5.74) is 3.76. The Bertz CT molecular complexity index is 964. The molecule has 0 saturated heterocycles. The molecule has 3 aromatic rings. The van der Waals surface area contributed by atoms with E-state index in [4.69, 9.17) is 4.74 Å². The lowest BCUT2D eigenvalue weighted by Gasteiger charge is -2.13. The molecule has 0 bridgehead atoms. The highest BCUT2D eigenvalue weighted by molar-refractivity contribution is 5.92. The quantitative estimate of drug-likeness (QED) is 0.464. The molecule has 0 fully saturated rings. The molecule has 0 amide bonds. The lowest BCUT2D eigenvalue weighted by Crippen LogP contribution is -2.21. The van der Waals surface area contributed by atoms with Crippen molar-refractivity contribution in [3.63, 3.8) is 0 Å². The van der Waals surface area contributed by atoms with Crippen LogP contribution in [-0.4, -0.2) is 44.3 Å². The number of benzene rings is 2. The van der Waals surface area contributed by atoms with Crippen molar-refractivity contribution in [3.8, 4) is 16.9 Å². The standard InChI is InChI=1S/C19H19N3O4/c1-11(2)19(25)26-10-13(23)8-12-6-7-14(17(24)9-12)15-4-3-5-16-18(15)21-22-20-16/h3-7,9,13,23-24H,1,8,10H2,2H3,(H,20,21,22). The summed E-state index contributed by atoms with van der Waals surface area (Å²) in [5.74, 6) is -0.466. The fraction of sp³-hybridized carbons (Fsp3) is 0.211. The summed E-state index contributed by atoms with van der Waals surface area (Å²) in [6.07, 6.45) is -0.631. The van der Waals surface area contributed by atoms with Crippen LogP contribution in [0.2, 0.25) is 0 Å². The molecule has 2 aromatic carbocycles. The van der Waals surface area contributed by atoms with Gasteiger partial charge >= 0.3 is 5.97 Å². The van der Waals surface area contributed by atoms with Gasteiger partial charge in [-0.3, -0.25) is 0 Å². The number of carbonyl (C=O) groups is 1. The lowest BCUT2D eigenvalue weighted by molar-refractivity contribution is -0.141. The molecule has 3 rings (SSSR count). The minimum Gasteiger partial charge on any atom is -0.507 e. The van der Waals surface area contributed by atoms with Gasteiger partial charge in [0.25, 0.3) is 0 Å². The Morgan fingerprint density at radius 3 is 2.81 bits per heavy atom. The van der Waals surface area contributed by atoms with Crippen LogP contribution < -0.4 is 0 Å². The van der Waals surface area contributed by atoms with Crippen LogP contribution in [0.4, 0.5) is 0 Å². The van der Waals surface area contributed by atoms with E-state index in [-0.39, 0.29) is 24.4 Å². The molecule has 1 heterocycles. The van der Waals surface area contributed by atoms with Gasteiger partial charge in [-0.05, 0) is 24.6 Å². The minimum absolute atomic E-state index is 0.0733. The molecule has 1 aromatic heterocycles. The smallest absolute Gasteiger partial charge is 0.333 e. The van der Waals surface area contributed by atoms with Crippen molar-refractivity contribution in [2.24, 2.45) is 0 Å². The van der Waals surface area contributed by atoms with E-state index < -0.39 is 12.1 Å². The van der Waals surface area contributed by atoms with E-state index in [1.165, 1.54) is 0 Å². The van der Waals surface area contributed by atoms with Crippen molar-refractivity contribution >= 4 is 17.0 Å². The summed E-state index contributed by atoms with van der Waals surface area (Å²) in [6, 6.07) is 10.7. The molecule has 0 spiro atoms. The lowest BCUT2D eigenvalue weighted by atomic mass is 9.99. The summed E-state index contributed by atoms with van der Waals surface area (Å²) < 4.78 is 4.93. The summed E-state index contributed by atoms with van der Waals surface area (Å²) in [7, 11) is 0. The number of aliphatic hydroxyl groups excluding tert-OH is 1. The number of phenols is 1. The number of aromatic amines is 1. The molecule has 3 N–H and O–H groups in total. The van der Waals surface area contributed by atoms with Gasteiger partial charge in [0.1, 0.15) is 23.4 Å². The van der Waals surface area contributed by atoms with E-state index in [9.17, 15) is 15.0 Å². The molecular weight excluding hydrogens is 334 g/mol. The van der Waals surface area contributed by atoms with Crippen LogP contribution in [-0.2, 0) is 16.0 Å². The number of aromatic nitrogens is 3. The molecule has 7 nitrogen and oxygen atoms in total. The van der Waals surface area contributed by atoms with Crippen molar-refractivity contribution in [1.82, 2.24) is 15.4 Å². The molecule has 1 unspecified atom stereocenters. The van der Waals surface area contributed by atoms with Gasteiger partial charge < -0.3 is 14.9 Å². The normalized spacial score (nSPS) is 12.1. The number of para-hydroxylation sites is 1. The zero-order valence-corrected chi connectivity index (χ0v) is 14.3. The average molecular weight is 353 g/mol. The molecule has 0 radical (unpaired) electrons. The fourth-order valence-corrected chi connectivity index (χ4v) is 2.64. The van der Waals surface area contributed by atoms with E-state index in [1.54, 1.807) is 25.1 Å². The first kappa shape index (κ1) is 17.6. The molecule has 26 heavy (non-hydrogen) atoms. The van der Waals surface area contributed by atoms with Crippen LogP contribution in [0.5, 0.6) is 5.75 Å². The highest BCUT2D eigenvalue weighted by atomic mass is 16.5. The maximum atomic E-state index is 11.4. The topological polar surface area (TPSA) is 108 Å². The van der Waals surface area contributed by atoms with Crippen molar-refractivity contribution in [2.75, 3.05) is 6.61 Å². The molecule has 0 aliphatic rings. The van der Waals surface area contributed by atoms with Crippen molar-refractivity contribution in [2.45, 2.75) is 19.4 Å². The largest absolute Gasteiger partial charge is 0.507 e. The third-order valence-corrected chi connectivity index (χ3v) is 3.93. The second-order valence-corrected chi connectivity index (χ2v) is 6.09. The van der Waals surface area contributed by atoms with Crippen LogP contribution in [0, 0.1) is 0 Å². The number of rotatable bonds is 6. The van der Waals surface area contributed by atoms with E-state index in [2.05, 4.69) is 22.0 Å². The Hall–Kier alpha value is -3.19. The van der Waals surface area contributed by atoms with E-state index in [0.29, 0.717) is 16.6 Å². The number of aromatic hydroxyl groups is 1. The Kier molecular flexibility index (Phi) is 4.99. The molecule has 0 aliphatic carbocycles. The van der Waals surface area contributed by atoms with Gasteiger partial charge in [-0.25, -0.2) is 4.79 Å². The van der Waals surface area contributed by atoms with E-state index in [1.807, 2.05) is 18.2 Å². The first-order valence-corrected chi connectivity index (χ1v) is 8.08. The number of hydrogen-bond acceptors (Lipinski definition) is 6. The highest BCUT2D eigenvalue weighted by Crippen LogP contribution is 2.33. The van der Waals surface area contributed by atoms with Crippen molar-refractivity contribution < 1.29 is 19.7 Å². The van der Waals surface area contributed by atoms with Crippen LogP contribution in [0.1, 0.15) is 12.5 Å². The van der Waals surface area contributed by atoms with Crippen LogP contribution >= 0.6 is 0 Å². The van der Waals surface area contributed by atoms with Crippen LogP contribution in [0.3, 0.4) is 0 Å². The minimum atomic E-state index is -0.873. The van der Waals surface area contributed by atoms with Gasteiger partial charge in [0.15, 0.2) is 0 Å². The van der Waals surface area contributed by atoms with E-state index >= 15 is 0 Å². The first-order valence-electron chi connectivity index (χ1n) is 8.08. The van der Waals surface area contributed by atoms with Gasteiger partial charge in [0, 0.05) is 23.1 Å². The number of carbonyl (C=O) groups excluding carboxylic acids is 1. The maximum Gasteiger partial charge on any atom is 0.333 e. The van der Waals surface area contributed by atoms with Crippen molar-refractivity contribution in [3.05, 3.63) is 54.1 Å². The Morgan fingerprint density at radius 1 is 1.27 bits per heavy atom. The number of esters is 1. The summed E-state index contributed by atoms with van der Waals surface area (Å²) in [4.78, 5) is 11.4. The van der Waals surface area contributed by atoms with Gasteiger partial charge in [0.05, 0.1) is 6.10 Å². The number of aliphatic hydroxyl groups is 1. The third kappa shape index (κ3) is 3.73. The molecule has 1 atom stereocenters. The van der Waals surface area contributed by atoms with Crippen LogP contribution in [0.15, 0.2) is 48.6 Å². The number of nitrogens with zero attached hydrogens (tertiary/aromatic N) is 2. The second-order valence-electron chi connectivity index (χ2n) is 6.09. The zero-order chi connectivity index (χ0) is 18.7. The Balaban J connectivity index is 1.75. The van der Waals surface area contributed by atoms with Crippen molar-refractivity contribution in [1.29, 1.82) is 0 Å². The molecule has 0 saturated carbocycles. The number of H-pyrrole nitrogens is 1. The predicted molar refractivity (Wildman–Crippen MR) is 96.5 cm³/mol. The monoisotopic (exact) mass is 353 g/mol. The third-order valence-electron chi connectivity index (χ3n) is 3.93. The number of fused-ring (bicyclic) bond motifs is 1. The number of nitrogens with one attached hydrogen (secondary N) is 1. The van der Waals surface area contributed by atoms with Gasteiger partial charge in [-0.2, -0.15) is 15.4 Å². The Labute approximate surface area is 149 Å². The zero-order valence-electron chi connectivity index (χ0n) is 14.3. The predicted octanol–water partition coefficient (Wildman–Crippen LogP) is 2.35. The van der Waals surface area contributed by atoms with Gasteiger partial charge in [-0.1, -0.05) is 30.8 Å². The maximum absolute atomic E-state index is 11.4. The number of phenolic OH excluding ortho intramolecular Hbond substituents is 1. The Morgan fingerprint density at radius 2 is 2.08 bits per heavy atom. The van der Waals surface area contributed by atoms with E-state index in [0.717, 1.165) is 11.1 Å². The molecule has 7 heteroatoms. The van der Waals surface area contributed by atoms with Gasteiger partial charge in [-0.15, -0.1) is 0 Å². The first-order chi connectivity index (χ1) is 12.5.